The van der Waals surface area contributed by atoms with E-state index in [4.69, 9.17) is 0 Å². The predicted molar refractivity (Wildman–Crippen MR) is 90.6 cm³/mol. The molecule has 0 atom stereocenters. The zero-order chi connectivity index (χ0) is 15.5. The molecule has 1 aliphatic rings. The molecule has 2 heterocycles. The van der Waals surface area contributed by atoms with Crippen LogP contribution in [0.2, 0.25) is 0 Å². The van der Waals surface area contributed by atoms with Gasteiger partial charge in [0.05, 0.1) is 10.8 Å². The smallest absolute Gasteiger partial charge is 0.263 e. The van der Waals surface area contributed by atoms with Crippen molar-refractivity contribution in [2.24, 2.45) is 5.92 Å². The van der Waals surface area contributed by atoms with Crippen LogP contribution in [0.3, 0.4) is 0 Å². The molecule has 3 rings (SSSR count). The molecule has 0 aliphatic carbocycles. The van der Waals surface area contributed by atoms with Crippen LogP contribution in [0.25, 0.3) is 0 Å². The fourth-order valence-electron chi connectivity index (χ4n) is 2.28. The van der Waals surface area contributed by atoms with Gasteiger partial charge in [-0.3, -0.25) is 9.59 Å². The molecule has 2 aromatic rings. The molecule has 1 saturated heterocycles. The fraction of sp³-hybridized carbons (Fsp3) is 0.250. The quantitative estimate of drug-likeness (QED) is 0.875. The minimum atomic E-state index is -0.121. The molecule has 0 bridgehead atoms. The summed E-state index contributed by atoms with van der Waals surface area (Å²) < 4.78 is 0. The van der Waals surface area contributed by atoms with Gasteiger partial charge in [0.25, 0.3) is 5.91 Å². The number of carbonyl (C=O) groups excluding carboxylic acids is 2. The molecule has 0 radical (unpaired) electrons. The summed E-state index contributed by atoms with van der Waals surface area (Å²) >= 11 is 3.10. The molecule has 1 N–H and O–H groups in total. The molecular weight excluding hydrogens is 316 g/mol. The van der Waals surface area contributed by atoms with Crippen molar-refractivity contribution in [1.82, 2.24) is 4.90 Å². The Bertz CT molecular complexity index is 662. The average Bonchev–Trinajstić information content (AvgIpc) is 3.00. The van der Waals surface area contributed by atoms with Crippen LogP contribution < -0.4 is 5.32 Å². The van der Waals surface area contributed by atoms with Gasteiger partial charge in [-0.05, 0) is 42.0 Å². The van der Waals surface area contributed by atoms with Gasteiger partial charge < -0.3 is 10.2 Å². The van der Waals surface area contributed by atoms with Crippen LogP contribution in [0.15, 0.2) is 46.7 Å². The number of nitrogens with zero attached hydrogens (tertiary/aromatic N) is 1. The molecule has 1 aromatic carbocycles. The monoisotopic (exact) mass is 332 g/mol. The fourth-order valence-corrected chi connectivity index (χ4v) is 3.38. The molecule has 4 nitrogen and oxygen atoms in total. The Labute approximate surface area is 137 Å². The Morgan fingerprint density at radius 1 is 1.23 bits per heavy atom. The Morgan fingerprint density at radius 3 is 2.55 bits per heavy atom. The first-order valence-corrected chi connectivity index (χ1v) is 9.05. The topological polar surface area (TPSA) is 49.4 Å². The van der Waals surface area contributed by atoms with E-state index in [1.807, 2.05) is 48.0 Å². The van der Waals surface area contributed by atoms with Gasteiger partial charge in [-0.2, -0.15) is 0 Å². The standard InChI is InChI=1S/C16H16N2O2S2/c1-21-13-6-4-12(5-7-13)17-15(19)11-9-18(10-11)16(20)14-3-2-8-22-14/h2-8,11H,9-10H2,1H3,(H,17,19). The molecule has 114 valence electrons. The summed E-state index contributed by atoms with van der Waals surface area (Å²) in [6.07, 6.45) is 2.02. The molecule has 1 fully saturated rings. The summed E-state index contributed by atoms with van der Waals surface area (Å²) in [6, 6.07) is 11.4. The lowest BCUT2D eigenvalue weighted by Crippen LogP contribution is -2.54. The second-order valence-corrected chi connectivity index (χ2v) is 6.93. The van der Waals surface area contributed by atoms with Crippen molar-refractivity contribution in [2.75, 3.05) is 24.7 Å². The lowest BCUT2D eigenvalue weighted by atomic mass is 9.98. The largest absolute Gasteiger partial charge is 0.336 e. The van der Waals surface area contributed by atoms with E-state index >= 15 is 0 Å². The van der Waals surface area contributed by atoms with Crippen LogP contribution in [0.4, 0.5) is 5.69 Å². The van der Waals surface area contributed by atoms with E-state index in [1.54, 1.807) is 16.7 Å². The van der Waals surface area contributed by atoms with Gasteiger partial charge in [-0.25, -0.2) is 0 Å². The van der Waals surface area contributed by atoms with E-state index in [2.05, 4.69) is 5.32 Å². The highest BCUT2D eigenvalue weighted by atomic mass is 32.2. The van der Waals surface area contributed by atoms with Crippen molar-refractivity contribution in [3.63, 3.8) is 0 Å². The van der Waals surface area contributed by atoms with Crippen LogP contribution in [-0.2, 0) is 4.79 Å². The minimum absolute atomic E-state index is 0.0170. The number of thiophene rings is 1. The Hall–Kier alpha value is -1.79. The number of rotatable bonds is 4. The van der Waals surface area contributed by atoms with Crippen molar-refractivity contribution in [3.8, 4) is 0 Å². The number of hydrogen-bond donors (Lipinski definition) is 1. The zero-order valence-corrected chi connectivity index (χ0v) is 13.7. The van der Waals surface area contributed by atoms with E-state index in [-0.39, 0.29) is 17.7 Å². The SMILES string of the molecule is CSc1ccc(NC(=O)C2CN(C(=O)c3cccs3)C2)cc1. The van der Waals surface area contributed by atoms with E-state index in [9.17, 15) is 9.59 Å². The highest BCUT2D eigenvalue weighted by molar-refractivity contribution is 7.98. The molecule has 0 saturated carbocycles. The number of likely N-dealkylation sites (tertiary alicyclic amines) is 1. The number of carbonyl (C=O) groups is 2. The Balaban J connectivity index is 1.51. The van der Waals surface area contributed by atoms with E-state index < -0.39 is 0 Å². The highest BCUT2D eigenvalue weighted by Crippen LogP contribution is 2.23. The van der Waals surface area contributed by atoms with Gasteiger partial charge in [0.2, 0.25) is 5.91 Å². The number of amides is 2. The first-order valence-electron chi connectivity index (χ1n) is 6.95. The summed E-state index contributed by atoms with van der Waals surface area (Å²) in [6.45, 7) is 0.983. The summed E-state index contributed by atoms with van der Waals surface area (Å²) in [5.74, 6) is -0.125. The lowest BCUT2D eigenvalue weighted by molar-refractivity contribution is -0.123. The molecule has 0 spiro atoms. The summed E-state index contributed by atoms with van der Waals surface area (Å²) in [5, 5.41) is 4.79. The van der Waals surface area contributed by atoms with Crippen molar-refractivity contribution in [2.45, 2.75) is 4.90 Å². The summed E-state index contributed by atoms with van der Waals surface area (Å²) in [4.78, 5) is 27.8. The summed E-state index contributed by atoms with van der Waals surface area (Å²) in [7, 11) is 0. The van der Waals surface area contributed by atoms with Gasteiger partial charge in [-0.15, -0.1) is 23.1 Å². The minimum Gasteiger partial charge on any atom is -0.336 e. The third-order valence-corrected chi connectivity index (χ3v) is 5.23. The molecule has 2 amide bonds. The van der Waals surface area contributed by atoms with Gasteiger partial charge in [0, 0.05) is 23.7 Å². The molecule has 0 unspecified atom stereocenters. The third kappa shape index (κ3) is 3.18. The van der Waals surface area contributed by atoms with E-state index in [1.165, 1.54) is 11.3 Å². The van der Waals surface area contributed by atoms with Crippen LogP contribution >= 0.6 is 23.1 Å². The maximum absolute atomic E-state index is 12.2. The first-order chi connectivity index (χ1) is 10.7. The number of hydrogen-bond acceptors (Lipinski definition) is 4. The van der Waals surface area contributed by atoms with Crippen molar-refractivity contribution in [1.29, 1.82) is 0 Å². The maximum Gasteiger partial charge on any atom is 0.263 e. The van der Waals surface area contributed by atoms with Crippen LogP contribution in [0.5, 0.6) is 0 Å². The molecule has 1 aliphatic heterocycles. The second-order valence-electron chi connectivity index (χ2n) is 5.10. The predicted octanol–water partition coefficient (Wildman–Crippen LogP) is 3.18. The zero-order valence-electron chi connectivity index (χ0n) is 12.1. The van der Waals surface area contributed by atoms with Crippen LogP contribution in [-0.4, -0.2) is 36.1 Å². The average molecular weight is 332 g/mol. The molecular formula is C16H16N2O2S2. The van der Waals surface area contributed by atoms with Gasteiger partial charge in [0.15, 0.2) is 0 Å². The molecule has 22 heavy (non-hydrogen) atoms. The Kier molecular flexibility index (Phi) is 4.49. The second kappa shape index (κ2) is 6.54. The van der Waals surface area contributed by atoms with Gasteiger partial charge >= 0.3 is 0 Å². The van der Waals surface area contributed by atoms with E-state index in [0.717, 1.165) is 15.5 Å². The van der Waals surface area contributed by atoms with Crippen molar-refractivity contribution < 1.29 is 9.59 Å². The van der Waals surface area contributed by atoms with Crippen LogP contribution in [0.1, 0.15) is 9.67 Å². The number of benzene rings is 1. The summed E-state index contributed by atoms with van der Waals surface area (Å²) in [5.41, 5.74) is 0.797. The molecule has 6 heteroatoms. The van der Waals surface area contributed by atoms with Gasteiger partial charge in [0.1, 0.15) is 0 Å². The van der Waals surface area contributed by atoms with Crippen molar-refractivity contribution >= 4 is 40.6 Å². The van der Waals surface area contributed by atoms with Gasteiger partial charge in [-0.1, -0.05) is 6.07 Å². The van der Waals surface area contributed by atoms with Crippen molar-refractivity contribution in [3.05, 3.63) is 46.7 Å². The first kappa shape index (κ1) is 15.1. The molecule has 1 aromatic heterocycles. The number of anilines is 1. The highest BCUT2D eigenvalue weighted by Gasteiger charge is 2.36. The third-order valence-electron chi connectivity index (χ3n) is 3.63. The maximum atomic E-state index is 12.2. The Morgan fingerprint density at radius 2 is 1.95 bits per heavy atom. The number of nitrogens with one attached hydrogen (secondary N) is 1. The lowest BCUT2D eigenvalue weighted by Gasteiger charge is -2.37. The number of thioether (sulfide) groups is 1. The normalized spacial score (nSPS) is 14.5. The van der Waals surface area contributed by atoms with Crippen LogP contribution in [0, 0.1) is 5.92 Å². The van der Waals surface area contributed by atoms with E-state index in [0.29, 0.717) is 13.1 Å².